The highest BCUT2D eigenvalue weighted by Crippen LogP contribution is 2.09. The second-order valence-electron chi connectivity index (χ2n) is 9.66. The van der Waals surface area contributed by atoms with Crippen LogP contribution >= 0.6 is 0 Å². The Kier molecular flexibility index (Phi) is 20.2. The number of hydrogen-bond donors (Lipinski definition) is 6. The summed E-state index contributed by atoms with van der Waals surface area (Å²) < 4.78 is 3.47. The predicted octanol–water partition coefficient (Wildman–Crippen LogP) is 2.15. The molecule has 9 N–H and O–H groups in total. The number of amides is 2. The molecular weight excluding hydrogens is 494 g/mol. The summed E-state index contributed by atoms with van der Waals surface area (Å²) in [7, 11) is 7.67. The highest BCUT2D eigenvalue weighted by atomic mass is 16.2. The van der Waals surface area contributed by atoms with E-state index >= 15 is 0 Å². The summed E-state index contributed by atoms with van der Waals surface area (Å²) in [6.45, 7) is 9.50. The SMILES string of the molecule is CCCCNC.CCCCNC(=O)c1cc(N)cn1C.CN(CCCN)CCCNC(=O)c1cc(N)cn1C. The molecule has 0 fully saturated rings. The van der Waals surface area contributed by atoms with Crippen molar-refractivity contribution < 1.29 is 9.59 Å². The summed E-state index contributed by atoms with van der Waals surface area (Å²) >= 11 is 0. The van der Waals surface area contributed by atoms with Gasteiger partial charge >= 0.3 is 0 Å². The van der Waals surface area contributed by atoms with E-state index in [0.717, 1.165) is 58.4 Å². The highest BCUT2D eigenvalue weighted by Gasteiger charge is 2.10. The Morgan fingerprint density at radius 1 is 0.795 bits per heavy atom. The van der Waals surface area contributed by atoms with Crippen molar-refractivity contribution in [2.45, 2.75) is 52.4 Å². The van der Waals surface area contributed by atoms with Gasteiger partial charge in [0.25, 0.3) is 11.8 Å². The molecule has 224 valence electrons. The number of nitrogens with one attached hydrogen (secondary N) is 3. The average Bonchev–Trinajstić information content (AvgIpc) is 3.43. The Bertz CT molecular complexity index is 920. The zero-order chi connectivity index (χ0) is 29.6. The molecule has 0 aliphatic carbocycles. The minimum atomic E-state index is -0.0798. The van der Waals surface area contributed by atoms with Crippen LogP contribution < -0.4 is 33.2 Å². The van der Waals surface area contributed by atoms with E-state index in [1.807, 2.05) is 21.1 Å². The number of rotatable bonds is 15. The molecule has 11 heteroatoms. The summed E-state index contributed by atoms with van der Waals surface area (Å²) in [6, 6.07) is 3.37. The number of unbranched alkanes of at least 4 members (excludes halogenated alkanes) is 2. The fourth-order valence-electron chi connectivity index (χ4n) is 3.57. The molecule has 2 amide bonds. The van der Waals surface area contributed by atoms with Crippen LogP contribution in [0.4, 0.5) is 11.4 Å². The van der Waals surface area contributed by atoms with Gasteiger partial charge in [-0.2, -0.15) is 0 Å². The Balaban J connectivity index is 0.000000631. The summed E-state index contributed by atoms with van der Waals surface area (Å²) in [5.74, 6) is -0.138. The number of carbonyl (C=O) groups excluding carboxylic acids is 2. The van der Waals surface area contributed by atoms with Gasteiger partial charge in [0.15, 0.2) is 0 Å². The lowest BCUT2D eigenvalue weighted by Gasteiger charge is -2.15. The van der Waals surface area contributed by atoms with Crippen molar-refractivity contribution in [3.63, 3.8) is 0 Å². The Labute approximate surface area is 235 Å². The maximum absolute atomic E-state index is 11.9. The van der Waals surface area contributed by atoms with Crippen LogP contribution in [0.1, 0.15) is 73.3 Å². The van der Waals surface area contributed by atoms with Gasteiger partial charge in [-0.15, -0.1) is 0 Å². The van der Waals surface area contributed by atoms with Crippen LogP contribution in [0.15, 0.2) is 24.5 Å². The van der Waals surface area contributed by atoms with E-state index in [1.54, 1.807) is 33.7 Å². The average molecular weight is 550 g/mol. The second-order valence-corrected chi connectivity index (χ2v) is 9.66. The first kappa shape index (κ1) is 36.0. The summed E-state index contributed by atoms with van der Waals surface area (Å²) in [6.07, 6.45) is 10.1. The van der Waals surface area contributed by atoms with Gasteiger partial charge in [-0.25, -0.2) is 0 Å². The molecule has 0 saturated heterocycles. The molecule has 0 unspecified atom stereocenters. The van der Waals surface area contributed by atoms with Crippen molar-refractivity contribution in [3.8, 4) is 0 Å². The van der Waals surface area contributed by atoms with Crippen LogP contribution in [0.5, 0.6) is 0 Å². The summed E-state index contributed by atoms with van der Waals surface area (Å²) in [5, 5.41) is 8.81. The molecule has 2 aromatic rings. The van der Waals surface area contributed by atoms with Crippen LogP contribution in [0.3, 0.4) is 0 Å². The van der Waals surface area contributed by atoms with Crippen LogP contribution in [0.2, 0.25) is 0 Å². The molecule has 39 heavy (non-hydrogen) atoms. The molecule has 0 radical (unpaired) electrons. The first-order valence-corrected chi connectivity index (χ1v) is 14.0. The standard InChI is InChI=1S/C13H25N5O.C10H17N3O.C5H13N/c1-17(7-3-5-14)8-4-6-16-13(19)12-9-11(15)10-18(12)2;1-3-4-5-12-10(14)9-6-8(11)7-13(9)2;1-3-4-5-6-2/h9-10H,3-8,14-15H2,1-2H3,(H,16,19);6-7H,3-5,11H2,1-2H3,(H,12,14);6H,3-5H2,1-2H3. The van der Waals surface area contributed by atoms with E-state index in [9.17, 15) is 9.59 Å². The Morgan fingerprint density at radius 2 is 1.23 bits per heavy atom. The minimum absolute atomic E-state index is 0.0577. The van der Waals surface area contributed by atoms with E-state index < -0.39 is 0 Å². The Hall–Kier alpha value is -3.02. The molecular formula is C28H55N9O2. The molecule has 2 rings (SSSR count). The first-order chi connectivity index (χ1) is 18.6. The van der Waals surface area contributed by atoms with Gasteiger partial charge in [-0.3, -0.25) is 9.59 Å². The number of nitrogens with zero attached hydrogens (tertiary/aromatic N) is 3. The van der Waals surface area contributed by atoms with Gasteiger partial charge in [-0.1, -0.05) is 26.7 Å². The lowest BCUT2D eigenvalue weighted by atomic mass is 10.3. The third-order valence-electron chi connectivity index (χ3n) is 5.86. The molecule has 0 aromatic carbocycles. The highest BCUT2D eigenvalue weighted by molar-refractivity contribution is 5.94. The van der Waals surface area contributed by atoms with Gasteiger partial charge < -0.3 is 47.2 Å². The van der Waals surface area contributed by atoms with Gasteiger partial charge in [-0.05, 0) is 78.1 Å². The van der Waals surface area contributed by atoms with Crippen molar-refractivity contribution in [3.05, 3.63) is 35.9 Å². The van der Waals surface area contributed by atoms with Crippen molar-refractivity contribution >= 4 is 23.2 Å². The first-order valence-electron chi connectivity index (χ1n) is 14.0. The van der Waals surface area contributed by atoms with Crippen LogP contribution in [-0.4, -0.2) is 79.2 Å². The number of aryl methyl sites for hydroxylation is 2. The topological polar surface area (TPSA) is 161 Å². The number of carbonyl (C=O) groups is 2. The van der Waals surface area contributed by atoms with Crippen LogP contribution in [0.25, 0.3) is 0 Å². The van der Waals surface area contributed by atoms with Gasteiger partial charge in [0.2, 0.25) is 0 Å². The number of anilines is 2. The van der Waals surface area contributed by atoms with E-state index in [2.05, 4.69) is 41.7 Å². The number of nitrogens with two attached hydrogens (primary N) is 3. The maximum atomic E-state index is 11.9. The summed E-state index contributed by atoms with van der Waals surface area (Å²) in [5.41, 5.74) is 19.1. The lowest BCUT2D eigenvalue weighted by Crippen LogP contribution is -2.30. The number of aromatic nitrogens is 2. The largest absolute Gasteiger partial charge is 0.397 e. The molecule has 2 heterocycles. The molecule has 0 aliphatic rings. The van der Waals surface area contributed by atoms with E-state index in [-0.39, 0.29) is 11.8 Å². The molecule has 0 aliphatic heterocycles. The lowest BCUT2D eigenvalue weighted by molar-refractivity contribution is 0.0936. The fraction of sp³-hybridized carbons (Fsp3) is 0.643. The van der Waals surface area contributed by atoms with E-state index in [0.29, 0.717) is 29.3 Å². The monoisotopic (exact) mass is 549 g/mol. The second kappa shape index (κ2) is 21.9. The fourth-order valence-corrected chi connectivity index (χ4v) is 3.57. The van der Waals surface area contributed by atoms with Crippen molar-refractivity contribution in [1.29, 1.82) is 0 Å². The Morgan fingerprint density at radius 3 is 1.59 bits per heavy atom. The van der Waals surface area contributed by atoms with Crippen molar-refractivity contribution in [1.82, 2.24) is 30.0 Å². The van der Waals surface area contributed by atoms with Crippen LogP contribution in [-0.2, 0) is 14.1 Å². The van der Waals surface area contributed by atoms with Gasteiger partial charge in [0.1, 0.15) is 11.4 Å². The van der Waals surface area contributed by atoms with Gasteiger partial charge in [0, 0.05) is 39.6 Å². The molecule has 11 nitrogen and oxygen atoms in total. The quantitative estimate of drug-likeness (QED) is 0.186. The maximum Gasteiger partial charge on any atom is 0.267 e. The predicted molar refractivity (Wildman–Crippen MR) is 164 cm³/mol. The molecule has 2 aromatic heterocycles. The number of nitrogen functional groups attached to an aromatic ring is 2. The third-order valence-corrected chi connectivity index (χ3v) is 5.86. The smallest absolute Gasteiger partial charge is 0.267 e. The summed E-state index contributed by atoms with van der Waals surface area (Å²) in [4.78, 5) is 25.7. The van der Waals surface area contributed by atoms with E-state index in [1.165, 1.54) is 12.8 Å². The molecule has 0 spiro atoms. The molecule has 0 bridgehead atoms. The van der Waals surface area contributed by atoms with Crippen molar-refractivity contribution in [2.24, 2.45) is 19.8 Å². The van der Waals surface area contributed by atoms with Gasteiger partial charge in [0.05, 0.1) is 11.4 Å². The zero-order valence-corrected chi connectivity index (χ0v) is 25.2. The zero-order valence-electron chi connectivity index (χ0n) is 25.2. The molecule has 0 saturated carbocycles. The van der Waals surface area contributed by atoms with Crippen LogP contribution in [0, 0.1) is 0 Å². The minimum Gasteiger partial charge on any atom is -0.397 e. The van der Waals surface area contributed by atoms with Crippen molar-refractivity contribution in [2.75, 3.05) is 64.8 Å². The number of hydrogen-bond acceptors (Lipinski definition) is 7. The normalized spacial score (nSPS) is 10.4. The van der Waals surface area contributed by atoms with E-state index in [4.69, 9.17) is 17.2 Å². The third kappa shape index (κ3) is 16.5. The molecule has 0 atom stereocenters.